The number of aromatic nitrogens is 4. The molecule has 0 unspecified atom stereocenters. The Hall–Kier alpha value is -2.70. The molecule has 0 saturated heterocycles. The molecule has 5 N–H and O–H groups in total. The van der Waals surface area contributed by atoms with E-state index in [2.05, 4.69) is 39.7 Å². The Morgan fingerprint density at radius 2 is 1.91 bits per heavy atom. The summed E-state index contributed by atoms with van der Waals surface area (Å²) in [4.78, 5) is 20.7. The van der Waals surface area contributed by atoms with Gasteiger partial charge in [-0.05, 0) is 38.5 Å². The maximum atomic E-state index is 10.6. The zero-order valence-corrected chi connectivity index (χ0v) is 20.4. The van der Waals surface area contributed by atoms with Gasteiger partial charge in [0.05, 0.1) is 40.8 Å². The SMILES string of the molecule is Cc1ccc(CNc2nc(C)c(-c3nc4cnccc4s3)c(N[C@@H]3C[C@H](CO)[C@@H](O)[C@H]3O)n2)s1. The van der Waals surface area contributed by atoms with E-state index >= 15 is 0 Å². The van der Waals surface area contributed by atoms with Crippen LogP contribution < -0.4 is 10.6 Å². The van der Waals surface area contributed by atoms with Crippen LogP contribution in [0.3, 0.4) is 0 Å². The van der Waals surface area contributed by atoms with Crippen LogP contribution in [-0.4, -0.2) is 60.1 Å². The predicted molar refractivity (Wildman–Crippen MR) is 134 cm³/mol. The number of pyridine rings is 1. The van der Waals surface area contributed by atoms with Gasteiger partial charge in [-0.3, -0.25) is 4.98 Å². The molecule has 4 atom stereocenters. The van der Waals surface area contributed by atoms with Crippen LogP contribution in [0, 0.1) is 19.8 Å². The van der Waals surface area contributed by atoms with Gasteiger partial charge in [0.1, 0.15) is 22.4 Å². The molecule has 1 aliphatic carbocycles. The van der Waals surface area contributed by atoms with Crippen molar-refractivity contribution in [3.8, 4) is 10.6 Å². The molecule has 4 heterocycles. The van der Waals surface area contributed by atoms with Crippen LogP contribution in [0.15, 0.2) is 30.6 Å². The largest absolute Gasteiger partial charge is 0.396 e. The lowest BCUT2D eigenvalue weighted by Crippen LogP contribution is -2.35. The molecule has 1 aliphatic rings. The smallest absolute Gasteiger partial charge is 0.225 e. The molecule has 34 heavy (non-hydrogen) atoms. The van der Waals surface area contributed by atoms with Crippen LogP contribution in [0.25, 0.3) is 20.8 Å². The quantitative estimate of drug-likeness (QED) is 0.260. The highest BCUT2D eigenvalue weighted by Gasteiger charge is 2.41. The fraction of sp³-hybridized carbons (Fsp3) is 0.391. The Kier molecular flexibility index (Phi) is 6.45. The average molecular weight is 499 g/mol. The van der Waals surface area contributed by atoms with Crippen molar-refractivity contribution >= 4 is 44.7 Å². The number of rotatable bonds is 7. The average Bonchev–Trinajstić information content (AvgIpc) is 3.51. The Balaban J connectivity index is 1.51. The first kappa shape index (κ1) is 23.1. The first-order valence-corrected chi connectivity index (χ1v) is 12.7. The molecule has 11 heteroatoms. The van der Waals surface area contributed by atoms with E-state index in [1.807, 2.05) is 13.0 Å². The summed E-state index contributed by atoms with van der Waals surface area (Å²) in [5.74, 6) is 0.593. The molecular formula is C23H26N6O3S2. The van der Waals surface area contributed by atoms with E-state index in [4.69, 9.17) is 9.97 Å². The van der Waals surface area contributed by atoms with Crippen molar-refractivity contribution in [3.05, 3.63) is 46.0 Å². The van der Waals surface area contributed by atoms with Gasteiger partial charge in [-0.15, -0.1) is 22.7 Å². The summed E-state index contributed by atoms with van der Waals surface area (Å²) >= 11 is 3.23. The number of aryl methyl sites for hydroxylation is 2. The lowest BCUT2D eigenvalue weighted by atomic mass is 10.1. The summed E-state index contributed by atoms with van der Waals surface area (Å²) in [6, 6.07) is 5.61. The molecule has 9 nitrogen and oxygen atoms in total. The third-order valence-corrected chi connectivity index (χ3v) is 8.12. The molecule has 0 aromatic carbocycles. The molecule has 1 fully saturated rings. The lowest BCUT2D eigenvalue weighted by molar-refractivity contribution is 0.00446. The van der Waals surface area contributed by atoms with Gasteiger partial charge in [0.2, 0.25) is 5.95 Å². The molecule has 1 saturated carbocycles. The van der Waals surface area contributed by atoms with Crippen molar-refractivity contribution in [3.63, 3.8) is 0 Å². The van der Waals surface area contributed by atoms with Crippen LogP contribution in [0.5, 0.6) is 0 Å². The minimum absolute atomic E-state index is 0.191. The number of nitrogens with one attached hydrogen (secondary N) is 2. The van der Waals surface area contributed by atoms with E-state index in [0.717, 1.165) is 26.5 Å². The highest BCUT2D eigenvalue weighted by molar-refractivity contribution is 7.21. The maximum absolute atomic E-state index is 10.6. The van der Waals surface area contributed by atoms with Crippen LogP contribution in [0.1, 0.15) is 21.9 Å². The molecule has 0 aliphatic heterocycles. The Morgan fingerprint density at radius 3 is 2.62 bits per heavy atom. The second kappa shape index (κ2) is 9.51. The highest BCUT2D eigenvalue weighted by Crippen LogP contribution is 2.38. The van der Waals surface area contributed by atoms with Gasteiger partial charge in [-0.2, -0.15) is 4.98 Å². The summed E-state index contributed by atoms with van der Waals surface area (Å²) in [6.45, 7) is 4.38. The van der Waals surface area contributed by atoms with Crippen LogP contribution in [0.2, 0.25) is 0 Å². The first-order valence-electron chi connectivity index (χ1n) is 11.0. The van der Waals surface area contributed by atoms with Crippen molar-refractivity contribution in [2.45, 2.75) is 45.1 Å². The summed E-state index contributed by atoms with van der Waals surface area (Å²) in [7, 11) is 0. The summed E-state index contributed by atoms with van der Waals surface area (Å²) in [5.41, 5.74) is 2.27. The van der Waals surface area contributed by atoms with Crippen molar-refractivity contribution in [1.82, 2.24) is 19.9 Å². The first-order chi connectivity index (χ1) is 16.4. The van der Waals surface area contributed by atoms with Crippen LogP contribution in [-0.2, 0) is 6.54 Å². The number of aliphatic hydroxyl groups excluding tert-OH is 3. The topological polar surface area (TPSA) is 136 Å². The van der Waals surface area contributed by atoms with Gasteiger partial charge in [0, 0.05) is 28.5 Å². The minimum Gasteiger partial charge on any atom is -0.396 e. The van der Waals surface area contributed by atoms with Crippen LogP contribution in [0.4, 0.5) is 11.8 Å². The standard InChI is InChI=1S/C23H26N6O3S2/c1-11-3-4-14(33-11)8-25-23-26-12(2)18(22-28-16-9-24-6-5-17(16)34-22)21(29-23)27-15-7-13(10-30)19(31)20(15)32/h3-6,9,13,15,19-20,30-32H,7-8,10H2,1-2H3,(H2,25,26,27,29)/t13-,15-,19-,20+/m1/s1. The number of nitrogens with zero attached hydrogens (tertiary/aromatic N) is 4. The zero-order chi connectivity index (χ0) is 23.8. The van der Waals surface area contributed by atoms with Gasteiger partial charge in [0.25, 0.3) is 0 Å². The third-order valence-electron chi connectivity index (χ3n) is 6.07. The minimum atomic E-state index is -1.02. The number of thiophene rings is 1. The molecule has 5 rings (SSSR count). The summed E-state index contributed by atoms with van der Waals surface area (Å²) in [5, 5.41) is 37.8. The van der Waals surface area contributed by atoms with Crippen LogP contribution >= 0.6 is 22.7 Å². The lowest BCUT2D eigenvalue weighted by Gasteiger charge is -2.21. The van der Waals surface area contributed by atoms with Crippen molar-refractivity contribution in [2.75, 3.05) is 17.2 Å². The van der Waals surface area contributed by atoms with E-state index in [1.54, 1.807) is 23.7 Å². The van der Waals surface area contributed by atoms with Gasteiger partial charge < -0.3 is 26.0 Å². The molecule has 178 valence electrons. The molecule has 4 aromatic rings. The number of hydrogen-bond donors (Lipinski definition) is 5. The molecular weight excluding hydrogens is 472 g/mol. The monoisotopic (exact) mass is 498 g/mol. The van der Waals surface area contributed by atoms with Gasteiger partial charge in [0.15, 0.2) is 0 Å². The second-order valence-corrected chi connectivity index (χ2v) is 10.9. The molecule has 0 spiro atoms. The Morgan fingerprint density at radius 1 is 1.06 bits per heavy atom. The molecule has 4 aromatic heterocycles. The van der Waals surface area contributed by atoms with E-state index in [-0.39, 0.29) is 6.61 Å². The summed E-state index contributed by atoms with van der Waals surface area (Å²) in [6.07, 6.45) is 1.85. The van der Waals surface area contributed by atoms with Crippen molar-refractivity contribution in [1.29, 1.82) is 0 Å². The Labute approximate surface area is 204 Å². The van der Waals surface area contributed by atoms with E-state index in [9.17, 15) is 15.3 Å². The number of hydrogen-bond acceptors (Lipinski definition) is 11. The van der Waals surface area contributed by atoms with Gasteiger partial charge in [-0.25, -0.2) is 9.97 Å². The van der Waals surface area contributed by atoms with Gasteiger partial charge >= 0.3 is 0 Å². The summed E-state index contributed by atoms with van der Waals surface area (Å²) < 4.78 is 1.00. The number of fused-ring (bicyclic) bond motifs is 1. The van der Waals surface area contributed by atoms with E-state index in [0.29, 0.717) is 24.7 Å². The van der Waals surface area contributed by atoms with E-state index < -0.39 is 24.2 Å². The maximum Gasteiger partial charge on any atom is 0.225 e. The second-order valence-electron chi connectivity index (χ2n) is 8.49. The molecule has 0 amide bonds. The zero-order valence-electron chi connectivity index (χ0n) is 18.8. The fourth-order valence-corrected chi connectivity index (χ4v) is 6.13. The third kappa shape index (κ3) is 4.49. The Bertz CT molecular complexity index is 1280. The number of aliphatic hydroxyl groups is 3. The molecule has 0 bridgehead atoms. The predicted octanol–water partition coefficient (Wildman–Crippen LogP) is 2.95. The number of anilines is 2. The van der Waals surface area contributed by atoms with Crippen molar-refractivity contribution < 1.29 is 15.3 Å². The van der Waals surface area contributed by atoms with Gasteiger partial charge in [-0.1, -0.05) is 0 Å². The van der Waals surface area contributed by atoms with Crippen molar-refractivity contribution in [2.24, 2.45) is 5.92 Å². The fourth-order valence-electron chi connectivity index (χ4n) is 4.27. The molecule has 0 radical (unpaired) electrons. The van der Waals surface area contributed by atoms with E-state index in [1.165, 1.54) is 21.1 Å². The highest BCUT2D eigenvalue weighted by atomic mass is 32.1. The number of thiazole rings is 1. The normalized spacial score (nSPS) is 22.4.